The minimum Gasteiger partial charge on any atom is -0.0985 e. The SMILES string of the molecule is C=Cc1ccccc1CCCCc1ccccc1C=C. The molecule has 0 bridgehead atoms. The number of hydrogen-bond acceptors (Lipinski definition) is 0. The molecule has 0 amide bonds. The summed E-state index contributed by atoms with van der Waals surface area (Å²) in [6.07, 6.45) is 8.55. The molecule has 0 aliphatic rings. The van der Waals surface area contributed by atoms with Crippen LogP contribution in [-0.4, -0.2) is 0 Å². The Morgan fingerprint density at radius 2 is 1.05 bits per heavy atom. The highest BCUT2D eigenvalue weighted by molar-refractivity contribution is 5.52. The van der Waals surface area contributed by atoms with Crippen LogP contribution in [-0.2, 0) is 12.8 Å². The predicted molar refractivity (Wildman–Crippen MR) is 89.7 cm³/mol. The van der Waals surface area contributed by atoms with Crippen molar-refractivity contribution in [3.63, 3.8) is 0 Å². The molecule has 0 aliphatic heterocycles. The lowest BCUT2D eigenvalue weighted by Crippen LogP contribution is -1.93. The molecule has 2 aromatic carbocycles. The van der Waals surface area contributed by atoms with Crippen LogP contribution in [0.1, 0.15) is 35.1 Å². The highest BCUT2D eigenvalue weighted by Crippen LogP contribution is 2.16. The molecule has 102 valence electrons. The molecule has 0 nitrogen and oxygen atoms in total. The monoisotopic (exact) mass is 262 g/mol. The zero-order chi connectivity index (χ0) is 14.2. The molecule has 0 saturated heterocycles. The third-order valence-electron chi connectivity index (χ3n) is 3.69. The van der Waals surface area contributed by atoms with Gasteiger partial charge in [0.2, 0.25) is 0 Å². The molecule has 2 aromatic rings. The van der Waals surface area contributed by atoms with Crippen LogP contribution >= 0.6 is 0 Å². The van der Waals surface area contributed by atoms with E-state index in [1.165, 1.54) is 35.1 Å². The summed E-state index contributed by atoms with van der Waals surface area (Å²) < 4.78 is 0. The average Bonchev–Trinajstić information content (AvgIpc) is 2.52. The minimum absolute atomic E-state index is 1.12. The fraction of sp³-hybridized carbons (Fsp3) is 0.200. The van der Waals surface area contributed by atoms with E-state index in [0.29, 0.717) is 0 Å². The number of benzene rings is 2. The first-order chi connectivity index (χ1) is 9.85. The van der Waals surface area contributed by atoms with Gasteiger partial charge in [0.25, 0.3) is 0 Å². The van der Waals surface area contributed by atoms with Crippen LogP contribution in [0.4, 0.5) is 0 Å². The van der Waals surface area contributed by atoms with Gasteiger partial charge in [-0.3, -0.25) is 0 Å². The van der Waals surface area contributed by atoms with Gasteiger partial charge < -0.3 is 0 Å². The molecular weight excluding hydrogens is 240 g/mol. The van der Waals surface area contributed by atoms with Gasteiger partial charge in [-0.25, -0.2) is 0 Å². The fourth-order valence-corrected chi connectivity index (χ4v) is 2.55. The van der Waals surface area contributed by atoms with Gasteiger partial charge in [-0.2, -0.15) is 0 Å². The molecular formula is C20H22. The van der Waals surface area contributed by atoms with E-state index in [-0.39, 0.29) is 0 Å². The summed E-state index contributed by atoms with van der Waals surface area (Å²) in [5.74, 6) is 0. The van der Waals surface area contributed by atoms with Gasteiger partial charge >= 0.3 is 0 Å². The Morgan fingerprint density at radius 1 is 0.650 bits per heavy atom. The normalized spacial score (nSPS) is 10.2. The first kappa shape index (κ1) is 14.3. The van der Waals surface area contributed by atoms with Crippen LogP contribution < -0.4 is 0 Å². The van der Waals surface area contributed by atoms with E-state index in [1.54, 1.807) is 0 Å². The van der Waals surface area contributed by atoms with Crippen molar-refractivity contribution in [2.75, 3.05) is 0 Å². The summed E-state index contributed by atoms with van der Waals surface area (Å²) in [4.78, 5) is 0. The largest absolute Gasteiger partial charge is 0.0985 e. The summed E-state index contributed by atoms with van der Waals surface area (Å²) >= 11 is 0. The Labute approximate surface area is 122 Å². The Morgan fingerprint density at radius 3 is 1.45 bits per heavy atom. The molecule has 0 atom stereocenters. The molecule has 0 heterocycles. The van der Waals surface area contributed by atoms with Gasteiger partial charge in [-0.1, -0.05) is 73.8 Å². The second kappa shape index (κ2) is 7.49. The summed E-state index contributed by atoms with van der Waals surface area (Å²) in [7, 11) is 0. The second-order valence-electron chi connectivity index (χ2n) is 5.01. The van der Waals surface area contributed by atoms with Crippen LogP contribution in [0, 0.1) is 0 Å². The Balaban J connectivity index is 1.87. The molecule has 20 heavy (non-hydrogen) atoms. The van der Waals surface area contributed by atoms with Crippen molar-refractivity contribution in [1.29, 1.82) is 0 Å². The predicted octanol–water partition coefficient (Wildman–Crippen LogP) is 5.54. The maximum absolute atomic E-state index is 3.88. The van der Waals surface area contributed by atoms with Crippen LogP contribution in [0.25, 0.3) is 12.2 Å². The van der Waals surface area contributed by atoms with Gasteiger partial charge in [0.15, 0.2) is 0 Å². The molecule has 0 aromatic heterocycles. The van der Waals surface area contributed by atoms with Crippen LogP contribution in [0.5, 0.6) is 0 Å². The maximum Gasteiger partial charge on any atom is -0.0230 e. The fourth-order valence-electron chi connectivity index (χ4n) is 2.55. The summed E-state index contributed by atoms with van der Waals surface area (Å²) in [6.45, 7) is 7.76. The number of unbranched alkanes of at least 4 members (excludes halogenated alkanes) is 1. The van der Waals surface area contributed by atoms with Crippen LogP contribution in [0.15, 0.2) is 61.7 Å². The molecule has 0 aliphatic carbocycles. The average molecular weight is 262 g/mol. The maximum atomic E-state index is 3.88. The van der Waals surface area contributed by atoms with Crippen molar-refractivity contribution in [2.24, 2.45) is 0 Å². The molecule has 0 saturated carbocycles. The first-order valence-electron chi connectivity index (χ1n) is 7.26. The molecule has 0 fully saturated rings. The highest BCUT2D eigenvalue weighted by atomic mass is 14.1. The van der Waals surface area contributed by atoms with E-state index in [0.717, 1.165) is 12.8 Å². The Bertz CT molecular complexity index is 525. The number of aryl methyl sites for hydroxylation is 2. The molecule has 2 rings (SSSR count). The standard InChI is InChI=1S/C20H22/c1-3-17-11-5-7-13-19(17)15-9-10-16-20-14-8-6-12-18(20)4-2/h3-8,11-14H,1-2,9-10,15-16H2. The van der Waals surface area contributed by atoms with E-state index in [4.69, 9.17) is 0 Å². The third kappa shape index (κ3) is 3.71. The minimum atomic E-state index is 1.12. The van der Waals surface area contributed by atoms with Gasteiger partial charge in [0.1, 0.15) is 0 Å². The van der Waals surface area contributed by atoms with Crippen molar-refractivity contribution in [2.45, 2.75) is 25.7 Å². The van der Waals surface area contributed by atoms with Crippen molar-refractivity contribution in [3.8, 4) is 0 Å². The van der Waals surface area contributed by atoms with Crippen molar-refractivity contribution in [1.82, 2.24) is 0 Å². The van der Waals surface area contributed by atoms with Gasteiger partial charge in [-0.05, 0) is 47.9 Å². The van der Waals surface area contributed by atoms with E-state index < -0.39 is 0 Å². The van der Waals surface area contributed by atoms with Gasteiger partial charge in [0.05, 0.1) is 0 Å². The van der Waals surface area contributed by atoms with Crippen LogP contribution in [0.2, 0.25) is 0 Å². The lowest BCUT2D eigenvalue weighted by molar-refractivity contribution is 0.733. The van der Waals surface area contributed by atoms with E-state index in [2.05, 4.69) is 61.7 Å². The summed E-state index contributed by atoms with van der Waals surface area (Å²) in [6, 6.07) is 17.0. The smallest absolute Gasteiger partial charge is 0.0230 e. The zero-order valence-corrected chi connectivity index (χ0v) is 12.0. The first-order valence-corrected chi connectivity index (χ1v) is 7.26. The Kier molecular flexibility index (Phi) is 5.37. The molecule has 0 heteroatoms. The van der Waals surface area contributed by atoms with Gasteiger partial charge in [-0.15, -0.1) is 0 Å². The van der Waals surface area contributed by atoms with Crippen molar-refractivity contribution >= 4 is 12.2 Å². The zero-order valence-electron chi connectivity index (χ0n) is 12.0. The van der Waals surface area contributed by atoms with E-state index >= 15 is 0 Å². The number of hydrogen-bond donors (Lipinski definition) is 0. The van der Waals surface area contributed by atoms with Crippen molar-refractivity contribution < 1.29 is 0 Å². The molecule has 0 radical (unpaired) electrons. The lowest BCUT2D eigenvalue weighted by Gasteiger charge is -2.07. The van der Waals surface area contributed by atoms with E-state index in [9.17, 15) is 0 Å². The lowest BCUT2D eigenvalue weighted by atomic mass is 9.98. The van der Waals surface area contributed by atoms with E-state index in [1.807, 2.05) is 12.2 Å². The topological polar surface area (TPSA) is 0 Å². The summed E-state index contributed by atoms with van der Waals surface area (Å²) in [5, 5.41) is 0. The highest BCUT2D eigenvalue weighted by Gasteiger charge is 2.01. The van der Waals surface area contributed by atoms with Crippen molar-refractivity contribution in [3.05, 3.63) is 83.9 Å². The molecule has 0 spiro atoms. The van der Waals surface area contributed by atoms with Gasteiger partial charge in [0, 0.05) is 0 Å². The number of rotatable bonds is 7. The third-order valence-corrected chi connectivity index (χ3v) is 3.69. The van der Waals surface area contributed by atoms with Crippen LogP contribution in [0.3, 0.4) is 0 Å². The molecule has 0 unspecified atom stereocenters. The Hall–Kier alpha value is -2.08. The second-order valence-corrected chi connectivity index (χ2v) is 5.01. The molecule has 0 N–H and O–H groups in total. The summed E-state index contributed by atoms with van der Waals surface area (Å²) in [5.41, 5.74) is 5.33. The quantitative estimate of drug-likeness (QED) is 0.575.